The maximum atomic E-state index is 10.9. The van der Waals surface area contributed by atoms with Crippen LogP contribution in [0.3, 0.4) is 0 Å². The molecule has 6 nitrogen and oxygen atoms in total. The van der Waals surface area contributed by atoms with Gasteiger partial charge in [-0.2, -0.15) is 0 Å². The summed E-state index contributed by atoms with van der Waals surface area (Å²) in [5.41, 5.74) is 2.42. The predicted octanol–water partition coefficient (Wildman–Crippen LogP) is 2.87. The standard InChI is InChI=1S/C13H14N4O2/c1-9-3-4-11(5-13(9)17(18)19)10(2)16-12-6-14-8-15-7-12/h3-8,10,16H,1-2H3. The first-order valence-electron chi connectivity index (χ1n) is 5.84. The van der Waals surface area contributed by atoms with Crippen molar-refractivity contribution in [3.63, 3.8) is 0 Å². The Kier molecular flexibility index (Phi) is 3.70. The fraction of sp³-hybridized carbons (Fsp3) is 0.231. The second-order valence-electron chi connectivity index (χ2n) is 4.30. The molecule has 0 aliphatic carbocycles. The van der Waals surface area contributed by atoms with Crippen molar-refractivity contribution in [2.24, 2.45) is 0 Å². The third-order valence-electron chi connectivity index (χ3n) is 2.87. The lowest BCUT2D eigenvalue weighted by molar-refractivity contribution is -0.385. The van der Waals surface area contributed by atoms with Crippen LogP contribution in [-0.4, -0.2) is 14.9 Å². The first kappa shape index (κ1) is 12.9. The Labute approximate surface area is 110 Å². The highest BCUT2D eigenvalue weighted by Gasteiger charge is 2.14. The van der Waals surface area contributed by atoms with Crippen molar-refractivity contribution in [2.45, 2.75) is 19.9 Å². The zero-order chi connectivity index (χ0) is 13.8. The fourth-order valence-electron chi connectivity index (χ4n) is 1.80. The van der Waals surface area contributed by atoms with E-state index in [-0.39, 0.29) is 16.7 Å². The number of nitro groups is 1. The van der Waals surface area contributed by atoms with Gasteiger partial charge in [0.25, 0.3) is 5.69 Å². The van der Waals surface area contributed by atoms with Crippen molar-refractivity contribution < 1.29 is 4.92 Å². The smallest absolute Gasteiger partial charge is 0.272 e. The van der Waals surface area contributed by atoms with Crippen molar-refractivity contribution in [3.8, 4) is 0 Å². The third-order valence-corrected chi connectivity index (χ3v) is 2.87. The highest BCUT2D eigenvalue weighted by Crippen LogP contribution is 2.25. The number of nitrogens with one attached hydrogen (secondary N) is 1. The zero-order valence-electron chi connectivity index (χ0n) is 10.7. The van der Waals surface area contributed by atoms with Gasteiger partial charge in [0.1, 0.15) is 6.33 Å². The van der Waals surface area contributed by atoms with E-state index in [2.05, 4.69) is 15.3 Å². The molecule has 1 aromatic heterocycles. The lowest BCUT2D eigenvalue weighted by Gasteiger charge is -2.15. The summed E-state index contributed by atoms with van der Waals surface area (Å²) in [6, 6.07) is 5.17. The molecule has 2 aromatic rings. The molecule has 98 valence electrons. The summed E-state index contributed by atoms with van der Waals surface area (Å²) in [6.45, 7) is 3.66. The first-order chi connectivity index (χ1) is 9.08. The lowest BCUT2D eigenvalue weighted by atomic mass is 10.0. The lowest BCUT2D eigenvalue weighted by Crippen LogP contribution is -2.07. The topological polar surface area (TPSA) is 81.0 Å². The first-order valence-corrected chi connectivity index (χ1v) is 5.84. The molecule has 19 heavy (non-hydrogen) atoms. The SMILES string of the molecule is Cc1ccc(C(C)Nc2cncnc2)cc1[N+](=O)[O-]. The summed E-state index contributed by atoms with van der Waals surface area (Å²) in [4.78, 5) is 18.4. The molecular weight excluding hydrogens is 244 g/mol. The highest BCUT2D eigenvalue weighted by atomic mass is 16.6. The summed E-state index contributed by atoms with van der Waals surface area (Å²) < 4.78 is 0. The summed E-state index contributed by atoms with van der Waals surface area (Å²) >= 11 is 0. The maximum Gasteiger partial charge on any atom is 0.272 e. The second-order valence-corrected chi connectivity index (χ2v) is 4.30. The number of anilines is 1. The largest absolute Gasteiger partial charge is 0.376 e. The molecular formula is C13H14N4O2. The van der Waals surface area contributed by atoms with Crippen molar-refractivity contribution >= 4 is 11.4 Å². The van der Waals surface area contributed by atoms with Crippen LogP contribution < -0.4 is 5.32 Å². The van der Waals surface area contributed by atoms with Gasteiger partial charge in [0.15, 0.2) is 0 Å². The molecule has 0 saturated heterocycles. The zero-order valence-corrected chi connectivity index (χ0v) is 10.7. The molecule has 0 bridgehead atoms. The average molecular weight is 258 g/mol. The molecule has 0 aliphatic rings. The van der Waals surface area contributed by atoms with Crippen LogP contribution in [0.4, 0.5) is 11.4 Å². The van der Waals surface area contributed by atoms with Crippen molar-refractivity contribution in [2.75, 3.05) is 5.32 Å². The average Bonchev–Trinajstić information content (AvgIpc) is 2.40. The molecule has 1 heterocycles. The van der Waals surface area contributed by atoms with Gasteiger partial charge in [-0.15, -0.1) is 0 Å². The quantitative estimate of drug-likeness (QED) is 0.673. The van der Waals surface area contributed by atoms with E-state index in [0.717, 1.165) is 11.3 Å². The molecule has 1 aromatic carbocycles. The van der Waals surface area contributed by atoms with Crippen LogP contribution in [0.25, 0.3) is 0 Å². The highest BCUT2D eigenvalue weighted by molar-refractivity contribution is 5.46. The van der Waals surface area contributed by atoms with E-state index in [0.29, 0.717) is 5.56 Å². The number of hydrogen-bond acceptors (Lipinski definition) is 5. The summed E-state index contributed by atoms with van der Waals surface area (Å²) in [5.74, 6) is 0. The van der Waals surface area contributed by atoms with Gasteiger partial charge in [-0.25, -0.2) is 9.97 Å². The van der Waals surface area contributed by atoms with E-state index in [1.54, 1.807) is 31.5 Å². The molecule has 0 spiro atoms. The normalized spacial score (nSPS) is 11.9. The van der Waals surface area contributed by atoms with Gasteiger partial charge >= 0.3 is 0 Å². The maximum absolute atomic E-state index is 10.9. The molecule has 1 N–H and O–H groups in total. The predicted molar refractivity (Wildman–Crippen MR) is 71.9 cm³/mol. The van der Waals surface area contributed by atoms with E-state index in [1.807, 2.05) is 13.0 Å². The van der Waals surface area contributed by atoms with E-state index in [9.17, 15) is 10.1 Å². The molecule has 0 aliphatic heterocycles. The number of rotatable bonds is 4. The van der Waals surface area contributed by atoms with Crippen LogP contribution in [0.15, 0.2) is 36.9 Å². The summed E-state index contributed by atoms with van der Waals surface area (Å²) in [6.07, 6.45) is 4.77. The van der Waals surface area contributed by atoms with Crippen LogP contribution in [0.2, 0.25) is 0 Å². The number of aromatic nitrogens is 2. The van der Waals surface area contributed by atoms with Gasteiger partial charge in [-0.3, -0.25) is 10.1 Å². The Hall–Kier alpha value is -2.50. The van der Waals surface area contributed by atoms with Gasteiger partial charge in [0.05, 0.1) is 23.0 Å². The minimum atomic E-state index is -0.364. The van der Waals surface area contributed by atoms with E-state index in [1.165, 1.54) is 6.33 Å². The van der Waals surface area contributed by atoms with Crippen molar-refractivity contribution in [3.05, 3.63) is 58.2 Å². The van der Waals surface area contributed by atoms with Gasteiger partial charge in [0, 0.05) is 17.7 Å². The molecule has 6 heteroatoms. The molecule has 0 saturated carbocycles. The Balaban J connectivity index is 2.22. The van der Waals surface area contributed by atoms with Crippen LogP contribution >= 0.6 is 0 Å². The second kappa shape index (κ2) is 5.43. The van der Waals surface area contributed by atoms with E-state index in [4.69, 9.17) is 0 Å². The van der Waals surface area contributed by atoms with Crippen LogP contribution in [0.1, 0.15) is 24.1 Å². The number of hydrogen-bond donors (Lipinski definition) is 1. The number of benzene rings is 1. The number of aryl methyl sites for hydroxylation is 1. The van der Waals surface area contributed by atoms with Gasteiger partial charge in [-0.05, 0) is 19.4 Å². The minimum absolute atomic E-state index is 0.0645. The number of nitrogens with zero attached hydrogens (tertiary/aromatic N) is 3. The molecule has 0 amide bonds. The molecule has 0 radical (unpaired) electrons. The minimum Gasteiger partial charge on any atom is -0.376 e. The molecule has 1 atom stereocenters. The van der Waals surface area contributed by atoms with Crippen LogP contribution in [0, 0.1) is 17.0 Å². The van der Waals surface area contributed by atoms with E-state index >= 15 is 0 Å². The van der Waals surface area contributed by atoms with Gasteiger partial charge in [-0.1, -0.05) is 12.1 Å². The fourth-order valence-corrected chi connectivity index (χ4v) is 1.80. The number of nitro benzene ring substituents is 1. The van der Waals surface area contributed by atoms with Gasteiger partial charge < -0.3 is 5.32 Å². The Bertz CT molecular complexity index is 586. The third kappa shape index (κ3) is 3.04. The van der Waals surface area contributed by atoms with Crippen LogP contribution in [-0.2, 0) is 0 Å². The van der Waals surface area contributed by atoms with Gasteiger partial charge in [0.2, 0.25) is 0 Å². The Morgan fingerprint density at radius 1 is 1.32 bits per heavy atom. The monoisotopic (exact) mass is 258 g/mol. The molecule has 0 fully saturated rings. The van der Waals surface area contributed by atoms with E-state index < -0.39 is 0 Å². The van der Waals surface area contributed by atoms with Crippen molar-refractivity contribution in [1.29, 1.82) is 0 Å². The molecule has 1 unspecified atom stereocenters. The Morgan fingerprint density at radius 3 is 2.63 bits per heavy atom. The Morgan fingerprint density at radius 2 is 2.00 bits per heavy atom. The summed E-state index contributed by atoms with van der Waals surface area (Å²) in [7, 11) is 0. The van der Waals surface area contributed by atoms with Crippen molar-refractivity contribution in [1.82, 2.24) is 9.97 Å². The summed E-state index contributed by atoms with van der Waals surface area (Å²) in [5, 5.41) is 14.1. The van der Waals surface area contributed by atoms with Crippen LogP contribution in [0.5, 0.6) is 0 Å². The molecule has 2 rings (SSSR count).